The molecule has 0 aliphatic carbocycles. The molecule has 0 amide bonds. The van der Waals surface area contributed by atoms with Gasteiger partial charge in [-0.1, -0.05) is 32.0 Å². The molecular formula is C16H23N3. The van der Waals surface area contributed by atoms with Gasteiger partial charge in [0.2, 0.25) is 0 Å². The van der Waals surface area contributed by atoms with Gasteiger partial charge in [-0.15, -0.1) is 0 Å². The third-order valence-corrected chi connectivity index (χ3v) is 3.47. The number of aryl methyl sites for hydroxylation is 2. The van der Waals surface area contributed by atoms with E-state index in [0.29, 0.717) is 5.92 Å². The number of nitrogens with one attached hydrogen (secondary N) is 1. The molecule has 0 aliphatic rings. The van der Waals surface area contributed by atoms with Crippen LogP contribution in [0.3, 0.4) is 0 Å². The summed E-state index contributed by atoms with van der Waals surface area (Å²) in [6, 6.07) is 6.73. The Labute approximate surface area is 115 Å². The molecule has 2 rings (SSSR count). The van der Waals surface area contributed by atoms with Crippen LogP contribution in [0.4, 0.5) is 0 Å². The Balaban J connectivity index is 2.54. The predicted molar refractivity (Wildman–Crippen MR) is 80.2 cm³/mol. The smallest absolute Gasteiger partial charge is 0.0840 e. The lowest BCUT2D eigenvalue weighted by Crippen LogP contribution is -2.07. The Morgan fingerprint density at radius 3 is 2.63 bits per heavy atom. The van der Waals surface area contributed by atoms with Crippen molar-refractivity contribution in [3.05, 3.63) is 41.2 Å². The fourth-order valence-corrected chi connectivity index (χ4v) is 2.35. The highest BCUT2D eigenvalue weighted by Crippen LogP contribution is 2.29. The van der Waals surface area contributed by atoms with Crippen molar-refractivity contribution < 1.29 is 0 Å². The third kappa shape index (κ3) is 2.87. The van der Waals surface area contributed by atoms with Gasteiger partial charge in [0.1, 0.15) is 0 Å². The summed E-state index contributed by atoms with van der Waals surface area (Å²) in [6.07, 6.45) is 2.11. The maximum absolute atomic E-state index is 4.55. The lowest BCUT2D eigenvalue weighted by molar-refractivity contribution is 0.712. The van der Waals surface area contributed by atoms with E-state index < -0.39 is 0 Å². The Kier molecular flexibility index (Phi) is 4.05. The first-order chi connectivity index (χ1) is 9.02. The third-order valence-electron chi connectivity index (χ3n) is 3.47. The number of hydrogen-bond donors (Lipinski definition) is 1. The number of nitrogens with zero attached hydrogens (tertiary/aromatic N) is 2. The van der Waals surface area contributed by atoms with Crippen molar-refractivity contribution >= 4 is 0 Å². The van der Waals surface area contributed by atoms with E-state index in [1.54, 1.807) is 0 Å². The summed E-state index contributed by atoms with van der Waals surface area (Å²) in [7, 11) is 3.93. The maximum atomic E-state index is 4.55. The van der Waals surface area contributed by atoms with Gasteiger partial charge in [-0.05, 0) is 36.6 Å². The minimum absolute atomic E-state index is 0.545. The molecule has 0 saturated carbocycles. The van der Waals surface area contributed by atoms with Gasteiger partial charge in [-0.2, -0.15) is 5.10 Å². The van der Waals surface area contributed by atoms with E-state index in [4.69, 9.17) is 0 Å². The highest BCUT2D eigenvalue weighted by Gasteiger charge is 2.12. The Hall–Kier alpha value is -1.61. The van der Waals surface area contributed by atoms with Crippen LogP contribution in [0.25, 0.3) is 11.1 Å². The summed E-state index contributed by atoms with van der Waals surface area (Å²) < 4.78 is 1.89. The van der Waals surface area contributed by atoms with Crippen LogP contribution >= 0.6 is 0 Å². The molecule has 0 unspecified atom stereocenters. The van der Waals surface area contributed by atoms with Gasteiger partial charge < -0.3 is 5.32 Å². The molecule has 0 bridgehead atoms. The first-order valence-corrected chi connectivity index (χ1v) is 6.81. The largest absolute Gasteiger partial charge is 0.314 e. The zero-order valence-electron chi connectivity index (χ0n) is 12.5. The lowest BCUT2D eigenvalue weighted by Gasteiger charge is -2.11. The molecule has 2 aromatic rings. The van der Waals surface area contributed by atoms with Crippen molar-refractivity contribution in [3.8, 4) is 11.1 Å². The number of hydrogen-bond acceptors (Lipinski definition) is 2. The standard InChI is InChI=1S/C16H23N3/c1-11(2)13-7-6-12(3)14(8-13)15-10-19(5)18-16(15)9-17-4/h6-8,10-11,17H,9H2,1-5H3. The predicted octanol–water partition coefficient (Wildman–Crippen LogP) is 3.24. The van der Waals surface area contributed by atoms with Gasteiger partial charge >= 0.3 is 0 Å². The van der Waals surface area contributed by atoms with Gasteiger partial charge in [0.15, 0.2) is 0 Å². The van der Waals surface area contributed by atoms with Crippen LogP contribution in [0.5, 0.6) is 0 Å². The van der Waals surface area contributed by atoms with Gasteiger partial charge in [0, 0.05) is 25.4 Å². The molecule has 0 fully saturated rings. The minimum atomic E-state index is 0.545. The summed E-state index contributed by atoms with van der Waals surface area (Å²) >= 11 is 0. The zero-order chi connectivity index (χ0) is 14.0. The molecule has 0 radical (unpaired) electrons. The molecule has 0 aliphatic heterocycles. The summed E-state index contributed by atoms with van der Waals surface area (Å²) in [6.45, 7) is 7.41. The van der Waals surface area contributed by atoms with Crippen molar-refractivity contribution in [2.45, 2.75) is 33.2 Å². The quantitative estimate of drug-likeness (QED) is 0.911. The molecule has 0 spiro atoms. The van der Waals surface area contributed by atoms with Crippen molar-refractivity contribution in [1.82, 2.24) is 15.1 Å². The second-order valence-electron chi connectivity index (χ2n) is 5.42. The highest BCUT2D eigenvalue weighted by atomic mass is 15.3. The lowest BCUT2D eigenvalue weighted by atomic mass is 9.94. The average molecular weight is 257 g/mol. The molecule has 1 N–H and O–H groups in total. The van der Waals surface area contributed by atoms with Crippen LogP contribution < -0.4 is 5.32 Å². The van der Waals surface area contributed by atoms with Crippen LogP contribution in [-0.2, 0) is 13.6 Å². The van der Waals surface area contributed by atoms with Gasteiger partial charge in [0.25, 0.3) is 0 Å². The molecular weight excluding hydrogens is 234 g/mol. The second-order valence-corrected chi connectivity index (χ2v) is 5.42. The SMILES string of the molecule is CNCc1nn(C)cc1-c1cc(C(C)C)ccc1C. The fourth-order valence-electron chi connectivity index (χ4n) is 2.35. The van der Waals surface area contributed by atoms with E-state index in [9.17, 15) is 0 Å². The molecule has 3 nitrogen and oxygen atoms in total. The number of aromatic nitrogens is 2. The van der Waals surface area contributed by atoms with E-state index in [1.807, 2.05) is 18.8 Å². The van der Waals surface area contributed by atoms with Crippen LogP contribution in [0, 0.1) is 6.92 Å². The molecule has 102 valence electrons. The summed E-state index contributed by atoms with van der Waals surface area (Å²) in [4.78, 5) is 0. The van der Waals surface area contributed by atoms with E-state index in [0.717, 1.165) is 12.2 Å². The van der Waals surface area contributed by atoms with Crippen molar-refractivity contribution in [2.75, 3.05) is 7.05 Å². The molecule has 3 heteroatoms. The molecule has 19 heavy (non-hydrogen) atoms. The maximum Gasteiger partial charge on any atom is 0.0840 e. The summed E-state index contributed by atoms with van der Waals surface area (Å²) in [5.41, 5.74) is 6.31. The van der Waals surface area contributed by atoms with Gasteiger partial charge in [-0.3, -0.25) is 4.68 Å². The number of benzene rings is 1. The first-order valence-electron chi connectivity index (χ1n) is 6.81. The summed E-state index contributed by atoms with van der Waals surface area (Å²) in [5, 5.41) is 7.74. The van der Waals surface area contributed by atoms with Crippen molar-refractivity contribution in [2.24, 2.45) is 7.05 Å². The van der Waals surface area contributed by atoms with E-state index in [-0.39, 0.29) is 0 Å². The van der Waals surface area contributed by atoms with E-state index >= 15 is 0 Å². The summed E-state index contributed by atoms with van der Waals surface area (Å²) in [5.74, 6) is 0.545. The van der Waals surface area contributed by atoms with Crippen molar-refractivity contribution in [3.63, 3.8) is 0 Å². The average Bonchev–Trinajstić information content (AvgIpc) is 2.71. The normalized spacial score (nSPS) is 11.3. The first kappa shape index (κ1) is 13.8. The van der Waals surface area contributed by atoms with Crippen LogP contribution in [0.15, 0.2) is 24.4 Å². The molecule has 0 saturated heterocycles. The van der Waals surface area contributed by atoms with Crippen molar-refractivity contribution in [1.29, 1.82) is 0 Å². The van der Waals surface area contributed by atoms with Crippen LogP contribution in [-0.4, -0.2) is 16.8 Å². The zero-order valence-corrected chi connectivity index (χ0v) is 12.5. The highest BCUT2D eigenvalue weighted by molar-refractivity contribution is 5.69. The van der Waals surface area contributed by atoms with Gasteiger partial charge in [0.05, 0.1) is 5.69 Å². The Morgan fingerprint density at radius 1 is 1.26 bits per heavy atom. The Morgan fingerprint density at radius 2 is 2.00 bits per heavy atom. The van der Waals surface area contributed by atoms with Crippen LogP contribution in [0.1, 0.15) is 36.6 Å². The van der Waals surface area contributed by atoms with Gasteiger partial charge in [-0.25, -0.2) is 0 Å². The second kappa shape index (κ2) is 5.57. The molecule has 1 heterocycles. The molecule has 1 aromatic carbocycles. The van der Waals surface area contributed by atoms with Crippen LogP contribution in [0.2, 0.25) is 0 Å². The van der Waals surface area contributed by atoms with E-state index in [2.05, 4.69) is 55.6 Å². The topological polar surface area (TPSA) is 29.9 Å². The van der Waals surface area contributed by atoms with E-state index in [1.165, 1.54) is 22.3 Å². The molecule has 0 atom stereocenters. The monoisotopic (exact) mass is 257 g/mol. The molecule has 1 aromatic heterocycles. The Bertz CT molecular complexity index is 567. The fraction of sp³-hybridized carbons (Fsp3) is 0.438. The minimum Gasteiger partial charge on any atom is -0.314 e. The number of rotatable bonds is 4.